The van der Waals surface area contributed by atoms with Crippen LogP contribution in [-0.4, -0.2) is 38.6 Å². The van der Waals surface area contributed by atoms with Gasteiger partial charge in [0.15, 0.2) is 5.69 Å². The Bertz CT molecular complexity index is 455. The van der Waals surface area contributed by atoms with E-state index in [9.17, 15) is 4.79 Å². The number of aromatic nitrogens is 2. The number of carboxylic acid groups (broad SMARTS) is 1. The van der Waals surface area contributed by atoms with E-state index in [1.807, 2.05) is 11.8 Å². The van der Waals surface area contributed by atoms with Crippen molar-refractivity contribution in [3.8, 4) is 0 Å². The Morgan fingerprint density at radius 2 is 2.28 bits per heavy atom. The Balaban J connectivity index is 2.07. The van der Waals surface area contributed by atoms with Crippen LogP contribution in [0.4, 0.5) is 5.95 Å². The number of nitrogens with one attached hydrogen (secondary N) is 1. The Morgan fingerprint density at radius 3 is 2.78 bits per heavy atom. The fourth-order valence-electron chi connectivity index (χ4n) is 2.02. The lowest BCUT2D eigenvalue weighted by Crippen LogP contribution is -2.40. The van der Waals surface area contributed by atoms with Gasteiger partial charge in [0.25, 0.3) is 0 Å². The fourth-order valence-corrected chi connectivity index (χ4v) is 2.93. The number of hydrogen-bond donors (Lipinski definition) is 2. The lowest BCUT2D eigenvalue weighted by molar-refractivity contribution is 0.0690. The van der Waals surface area contributed by atoms with Gasteiger partial charge in [0, 0.05) is 17.0 Å². The summed E-state index contributed by atoms with van der Waals surface area (Å²) in [7, 11) is 0. The minimum absolute atomic E-state index is 0.0387. The molecular formula is C12H17N3O2S. The van der Waals surface area contributed by atoms with Crippen LogP contribution >= 0.6 is 11.8 Å². The van der Waals surface area contributed by atoms with Crippen LogP contribution < -0.4 is 5.32 Å². The van der Waals surface area contributed by atoms with Gasteiger partial charge >= 0.3 is 5.97 Å². The number of carbonyl (C=O) groups is 1. The van der Waals surface area contributed by atoms with Gasteiger partial charge in [0.1, 0.15) is 0 Å². The quantitative estimate of drug-likeness (QED) is 0.851. The van der Waals surface area contributed by atoms with Crippen LogP contribution in [0.1, 0.15) is 35.4 Å². The van der Waals surface area contributed by atoms with E-state index in [1.165, 1.54) is 25.3 Å². The highest BCUT2D eigenvalue weighted by atomic mass is 32.2. The molecule has 6 heteroatoms. The molecule has 0 aromatic carbocycles. The zero-order valence-electron chi connectivity index (χ0n) is 10.6. The molecule has 1 saturated carbocycles. The first-order valence-electron chi connectivity index (χ1n) is 5.93. The Kier molecular flexibility index (Phi) is 3.75. The fraction of sp³-hybridized carbons (Fsp3) is 0.583. The molecule has 1 aliphatic rings. The highest BCUT2D eigenvalue weighted by molar-refractivity contribution is 8.00. The monoisotopic (exact) mass is 267 g/mol. The minimum Gasteiger partial charge on any atom is -0.477 e. The van der Waals surface area contributed by atoms with Crippen molar-refractivity contribution in [3.05, 3.63) is 17.5 Å². The molecule has 1 aromatic heterocycles. The van der Waals surface area contributed by atoms with Gasteiger partial charge in [0.2, 0.25) is 5.95 Å². The number of rotatable bonds is 5. The molecule has 0 amide bonds. The first-order valence-corrected chi connectivity index (χ1v) is 7.15. The first-order chi connectivity index (χ1) is 8.54. The Labute approximate surface area is 110 Å². The van der Waals surface area contributed by atoms with Crippen molar-refractivity contribution in [2.45, 2.75) is 30.9 Å². The highest BCUT2D eigenvalue weighted by Crippen LogP contribution is 2.42. The molecule has 0 saturated heterocycles. The van der Waals surface area contributed by atoms with E-state index in [-0.39, 0.29) is 10.4 Å². The van der Waals surface area contributed by atoms with Crippen molar-refractivity contribution in [1.82, 2.24) is 9.97 Å². The number of hydrogen-bond acceptors (Lipinski definition) is 5. The Hall–Kier alpha value is -1.30. The maximum absolute atomic E-state index is 10.9. The third-order valence-electron chi connectivity index (χ3n) is 3.34. The summed E-state index contributed by atoms with van der Waals surface area (Å²) < 4.78 is 0.274. The third-order valence-corrected chi connectivity index (χ3v) is 4.76. The maximum Gasteiger partial charge on any atom is 0.354 e. The van der Waals surface area contributed by atoms with Crippen molar-refractivity contribution in [2.24, 2.45) is 0 Å². The molecule has 0 bridgehead atoms. The summed E-state index contributed by atoms with van der Waals surface area (Å²) in [6.45, 7) is 2.56. The lowest BCUT2D eigenvalue weighted by Gasteiger charge is -2.40. The van der Waals surface area contributed by atoms with Gasteiger partial charge in [-0.15, -0.1) is 0 Å². The standard InChI is InChI=1S/C12H17N3O2S/c1-8-6-9(10(16)17)15-11(14-8)13-7-12(18-2)4-3-5-12/h6H,3-5,7H2,1-2H3,(H,16,17)(H,13,14,15). The molecule has 2 rings (SSSR count). The lowest BCUT2D eigenvalue weighted by atomic mass is 9.84. The second kappa shape index (κ2) is 5.14. The van der Waals surface area contributed by atoms with E-state index in [4.69, 9.17) is 5.11 Å². The predicted molar refractivity (Wildman–Crippen MR) is 72.3 cm³/mol. The van der Waals surface area contributed by atoms with Gasteiger partial charge in [-0.3, -0.25) is 0 Å². The SMILES string of the molecule is CSC1(CNc2nc(C)cc(C(=O)O)n2)CCC1. The topological polar surface area (TPSA) is 75.1 Å². The number of aromatic carboxylic acids is 1. The molecule has 1 fully saturated rings. The van der Waals surface area contributed by atoms with Crippen LogP contribution in [0.5, 0.6) is 0 Å². The molecule has 1 heterocycles. The second-order valence-electron chi connectivity index (χ2n) is 4.62. The van der Waals surface area contributed by atoms with E-state index in [2.05, 4.69) is 21.5 Å². The summed E-state index contributed by atoms with van der Waals surface area (Å²) in [5.74, 6) is -0.612. The number of aryl methyl sites for hydroxylation is 1. The van der Waals surface area contributed by atoms with Crippen LogP contribution in [0.2, 0.25) is 0 Å². The van der Waals surface area contributed by atoms with Gasteiger partial charge in [-0.25, -0.2) is 14.8 Å². The maximum atomic E-state index is 10.9. The number of thioether (sulfide) groups is 1. The molecule has 0 aliphatic heterocycles. The summed E-state index contributed by atoms with van der Waals surface area (Å²) >= 11 is 1.86. The van der Waals surface area contributed by atoms with E-state index < -0.39 is 5.97 Å². The molecule has 0 spiro atoms. The van der Waals surface area contributed by atoms with Crippen molar-refractivity contribution in [1.29, 1.82) is 0 Å². The zero-order chi connectivity index (χ0) is 13.2. The average molecular weight is 267 g/mol. The van der Waals surface area contributed by atoms with Crippen LogP contribution in [0, 0.1) is 6.92 Å². The first kappa shape index (κ1) is 13.1. The molecular weight excluding hydrogens is 250 g/mol. The van der Waals surface area contributed by atoms with Gasteiger partial charge in [-0.05, 0) is 32.1 Å². The summed E-state index contributed by atoms with van der Waals surface area (Å²) in [5, 5.41) is 12.1. The van der Waals surface area contributed by atoms with Crippen molar-refractivity contribution < 1.29 is 9.90 Å². The summed E-state index contributed by atoms with van der Waals surface area (Å²) in [6.07, 6.45) is 5.76. The summed E-state index contributed by atoms with van der Waals surface area (Å²) in [5.41, 5.74) is 0.702. The number of anilines is 1. The van der Waals surface area contributed by atoms with Gasteiger partial charge in [0.05, 0.1) is 0 Å². The number of carboxylic acids is 1. The van der Waals surface area contributed by atoms with Crippen LogP contribution in [0.25, 0.3) is 0 Å². The molecule has 5 nitrogen and oxygen atoms in total. The van der Waals surface area contributed by atoms with Crippen LogP contribution in [-0.2, 0) is 0 Å². The second-order valence-corrected chi connectivity index (χ2v) is 5.89. The molecule has 1 aromatic rings. The van der Waals surface area contributed by atoms with E-state index >= 15 is 0 Å². The van der Waals surface area contributed by atoms with E-state index in [0.29, 0.717) is 11.6 Å². The van der Waals surface area contributed by atoms with Gasteiger partial charge in [-0.2, -0.15) is 11.8 Å². The van der Waals surface area contributed by atoms with Crippen molar-refractivity contribution in [3.63, 3.8) is 0 Å². The van der Waals surface area contributed by atoms with Gasteiger partial charge in [-0.1, -0.05) is 6.42 Å². The van der Waals surface area contributed by atoms with Crippen LogP contribution in [0.3, 0.4) is 0 Å². The van der Waals surface area contributed by atoms with E-state index in [1.54, 1.807) is 6.92 Å². The minimum atomic E-state index is -1.02. The number of nitrogens with zero attached hydrogens (tertiary/aromatic N) is 2. The Morgan fingerprint density at radius 1 is 1.56 bits per heavy atom. The summed E-state index contributed by atoms with van der Waals surface area (Å²) in [4.78, 5) is 19.1. The molecule has 0 radical (unpaired) electrons. The van der Waals surface area contributed by atoms with Gasteiger partial charge < -0.3 is 10.4 Å². The average Bonchev–Trinajstić information content (AvgIpc) is 2.27. The highest BCUT2D eigenvalue weighted by Gasteiger charge is 2.36. The molecule has 98 valence electrons. The zero-order valence-corrected chi connectivity index (χ0v) is 11.4. The molecule has 0 atom stereocenters. The molecule has 0 unspecified atom stereocenters. The van der Waals surface area contributed by atoms with Crippen molar-refractivity contribution in [2.75, 3.05) is 18.1 Å². The largest absolute Gasteiger partial charge is 0.477 e. The molecule has 2 N–H and O–H groups in total. The van der Waals surface area contributed by atoms with Crippen molar-refractivity contribution >= 4 is 23.7 Å². The molecule has 1 aliphatic carbocycles. The normalized spacial score (nSPS) is 17.0. The predicted octanol–water partition coefficient (Wildman–Crippen LogP) is 2.18. The van der Waals surface area contributed by atoms with E-state index in [0.717, 1.165) is 6.54 Å². The smallest absolute Gasteiger partial charge is 0.354 e. The summed E-state index contributed by atoms with van der Waals surface area (Å²) in [6, 6.07) is 1.47. The third kappa shape index (κ3) is 2.75. The molecule has 18 heavy (non-hydrogen) atoms. The van der Waals surface area contributed by atoms with Crippen LogP contribution in [0.15, 0.2) is 6.07 Å².